The molecule has 0 aliphatic carbocycles. The number of rotatable bonds is 8. The third-order valence-corrected chi connectivity index (χ3v) is 4.48. The summed E-state index contributed by atoms with van der Waals surface area (Å²) in [6.07, 6.45) is 1.61. The van der Waals surface area contributed by atoms with Gasteiger partial charge in [-0.2, -0.15) is 4.98 Å². The third kappa shape index (κ3) is 4.82. The van der Waals surface area contributed by atoms with Gasteiger partial charge in [-0.25, -0.2) is 4.39 Å². The molecule has 0 N–H and O–H groups in total. The molecule has 21 heavy (non-hydrogen) atoms. The van der Waals surface area contributed by atoms with Gasteiger partial charge in [-0.15, -0.1) is 11.8 Å². The Morgan fingerprint density at radius 1 is 1.33 bits per heavy atom. The highest BCUT2D eigenvalue weighted by Crippen LogP contribution is 2.33. The molecule has 0 aliphatic rings. The Bertz CT molecular complexity index is 545. The maximum absolute atomic E-state index is 13.0. The minimum Gasteiger partial charge on any atom is -0.384 e. The number of aromatic nitrogens is 2. The van der Waals surface area contributed by atoms with Crippen molar-refractivity contribution >= 4 is 11.8 Å². The zero-order valence-corrected chi connectivity index (χ0v) is 13.0. The minimum absolute atomic E-state index is 0.210. The van der Waals surface area contributed by atoms with E-state index in [9.17, 15) is 4.39 Å². The second-order valence-corrected chi connectivity index (χ2v) is 5.80. The van der Waals surface area contributed by atoms with Crippen LogP contribution in [0.15, 0.2) is 28.8 Å². The molecule has 6 heteroatoms. The highest BCUT2D eigenvalue weighted by molar-refractivity contribution is 7.98. The van der Waals surface area contributed by atoms with E-state index in [4.69, 9.17) is 9.26 Å². The number of benzene rings is 1. The van der Waals surface area contributed by atoms with Crippen molar-refractivity contribution in [1.82, 2.24) is 10.1 Å². The van der Waals surface area contributed by atoms with Gasteiger partial charge in [0.25, 0.3) is 0 Å². The lowest BCUT2D eigenvalue weighted by Crippen LogP contribution is -1.97. The first-order chi connectivity index (χ1) is 10.2. The second kappa shape index (κ2) is 8.14. The molecule has 1 heterocycles. The lowest BCUT2D eigenvalue weighted by molar-refractivity contribution is 0.199. The first-order valence-electron chi connectivity index (χ1n) is 6.90. The number of thioether (sulfide) groups is 1. The van der Waals surface area contributed by atoms with Gasteiger partial charge in [0.2, 0.25) is 5.89 Å². The number of ether oxygens (including phenoxy) is 1. The van der Waals surface area contributed by atoms with Crippen LogP contribution >= 0.6 is 11.8 Å². The van der Waals surface area contributed by atoms with E-state index < -0.39 is 0 Å². The molecule has 0 radical (unpaired) electrons. The number of hydrogen-bond donors (Lipinski definition) is 0. The number of methoxy groups -OCH3 is 1. The summed E-state index contributed by atoms with van der Waals surface area (Å²) in [7, 11) is 1.64. The van der Waals surface area contributed by atoms with Gasteiger partial charge in [-0.05, 0) is 24.1 Å². The predicted molar refractivity (Wildman–Crippen MR) is 80.6 cm³/mol. The van der Waals surface area contributed by atoms with Gasteiger partial charge < -0.3 is 9.26 Å². The summed E-state index contributed by atoms with van der Waals surface area (Å²) in [6.45, 7) is 2.69. The van der Waals surface area contributed by atoms with Crippen LogP contribution in [0.3, 0.4) is 0 Å². The normalized spacial score (nSPS) is 12.5. The zero-order valence-electron chi connectivity index (χ0n) is 12.2. The molecule has 0 aliphatic heterocycles. The average molecular weight is 310 g/mol. The van der Waals surface area contributed by atoms with Crippen molar-refractivity contribution in [3.05, 3.63) is 47.4 Å². The van der Waals surface area contributed by atoms with Gasteiger partial charge in [-0.1, -0.05) is 24.2 Å². The van der Waals surface area contributed by atoms with Gasteiger partial charge in [0.1, 0.15) is 5.82 Å². The molecule has 2 aromatic rings. The van der Waals surface area contributed by atoms with E-state index in [1.54, 1.807) is 18.9 Å². The fourth-order valence-corrected chi connectivity index (χ4v) is 2.99. The Balaban J connectivity index is 1.90. The molecule has 0 spiro atoms. The Morgan fingerprint density at radius 3 is 2.76 bits per heavy atom. The second-order valence-electron chi connectivity index (χ2n) is 4.61. The lowest BCUT2D eigenvalue weighted by atomic mass is 10.1. The molecular formula is C15H19FN2O2S. The molecule has 0 amide bonds. The van der Waals surface area contributed by atoms with Gasteiger partial charge in [0.15, 0.2) is 5.82 Å². The van der Waals surface area contributed by atoms with Crippen LogP contribution in [-0.2, 0) is 16.9 Å². The molecule has 1 atom stereocenters. The van der Waals surface area contributed by atoms with Crippen molar-refractivity contribution in [2.75, 3.05) is 13.7 Å². The summed E-state index contributed by atoms with van der Waals surface area (Å²) in [6, 6.07) is 6.64. The summed E-state index contributed by atoms with van der Waals surface area (Å²) in [5.74, 6) is 1.72. The van der Waals surface area contributed by atoms with E-state index in [2.05, 4.69) is 17.1 Å². The van der Waals surface area contributed by atoms with Crippen LogP contribution in [0, 0.1) is 5.82 Å². The summed E-state index contributed by atoms with van der Waals surface area (Å²) >= 11 is 1.72. The lowest BCUT2D eigenvalue weighted by Gasteiger charge is -2.13. The fraction of sp³-hybridized carbons (Fsp3) is 0.467. The monoisotopic (exact) mass is 310 g/mol. The molecule has 1 aromatic carbocycles. The number of hydrogen-bond acceptors (Lipinski definition) is 5. The van der Waals surface area contributed by atoms with Crippen LogP contribution in [0.25, 0.3) is 0 Å². The third-order valence-electron chi connectivity index (χ3n) is 3.06. The van der Waals surface area contributed by atoms with E-state index in [0.29, 0.717) is 35.7 Å². The first-order valence-corrected chi connectivity index (χ1v) is 7.95. The van der Waals surface area contributed by atoms with Crippen LogP contribution in [0.1, 0.15) is 35.9 Å². The number of nitrogens with zero attached hydrogens (tertiary/aromatic N) is 2. The highest BCUT2D eigenvalue weighted by atomic mass is 32.2. The zero-order chi connectivity index (χ0) is 15.1. The standard InChI is InChI=1S/C15H19FN2O2S/c1-3-13(11-4-6-12(16)7-5-11)21-10-15-17-14(18-20-15)8-9-19-2/h4-7,13H,3,8-10H2,1-2H3/t13-/m1/s1. The van der Waals surface area contributed by atoms with Crippen molar-refractivity contribution in [2.45, 2.75) is 30.8 Å². The smallest absolute Gasteiger partial charge is 0.236 e. The average Bonchev–Trinajstić information content (AvgIpc) is 2.95. The minimum atomic E-state index is -0.210. The van der Waals surface area contributed by atoms with Crippen LogP contribution < -0.4 is 0 Å². The molecule has 2 rings (SSSR count). The summed E-state index contributed by atoms with van der Waals surface area (Å²) in [5.41, 5.74) is 1.11. The van der Waals surface area contributed by atoms with Gasteiger partial charge in [0.05, 0.1) is 12.4 Å². The molecule has 0 fully saturated rings. The summed E-state index contributed by atoms with van der Waals surface area (Å²) in [5, 5.41) is 4.20. The van der Waals surface area contributed by atoms with Crippen LogP contribution in [-0.4, -0.2) is 23.9 Å². The van der Waals surface area contributed by atoms with E-state index in [0.717, 1.165) is 12.0 Å². The molecule has 0 unspecified atom stereocenters. The van der Waals surface area contributed by atoms with Gasteiger partial charge >= 0.3 is 0 Å². The van der Waals surface area contributed by atoms with Crippen molar-refractivity contribution in [1.29, 1.82) is 0 Å². The molecule has 114 valence electrons. The van der Waals surface area contributed by atoms with Gasteiger partial charge in [0, 0.05) is 18.8 Å². The molecule has 0 bridgehead atoms. The molecule has 0 saturated carbocycles. The number of halogens is 1. The first kappa shape index (κ1) is 16.0. The molecular weight excluding hydrogens is 291 g/mol. The molecule has 0 saturated heterocycles. The van der Waals surface area contributed by atoms with Crippen molar-refractivity contribution in [3.63, 3.8) is 0 Å². The Morgan fingerprint density at radius 2 is 2.10 bits per heavy atom. The summed E-state index contributed by atoms with van der Waals surface area (Å²) < 4.78 is 23.2. The molecule has 1 aromatic heterocycles. The molecule has 4 nitrogen and oxygen atoms in total. The van der Waals surface area contributed by atoms with Crippen molar-refractivity contribution < 1.29 is 13.7 Å². The van der Waals surface area contributed by atoms with Crippen LogP contribution in [0.4, 0.5) is 4.39 Å². The summed E-state index contributed by atoms with van der Waals surface area (Å²) in [4.78, 5) is 4.32. The SMILES string of the molecule is CC[C@@H](SCc1nc(CCOC)no1)c1ccc(F)cc1. The van der Waals surface area contributed by atoms with Crippen LogP contribution in [0.5, 0.6) is 0 Å². The topological polar surface area (TPSA) is 48.2 Å². The van der Waals surface area contributed by atoms with E-state index in [1.165, 1.54) is 12.1 Å². The van der Waals surface area contributed by atoms with Gasteiger partial charge in [-0.3, -0.25) is 0 Å². The largest absolute Gasteiger partial charge is 0.384 e. The Kier molecular flexibility index (Phi) is 6.20. The predicted octanol–water partition coefficient (Wildman–Crippen LogP) is 3.78. The maximum atomic E-state index is 13.0. The van der Waals surface area contributed by atoms with Crippen molar-refractivity contribution in [2.24, 2.45) is 0 Å². The Hall–Kier alpha value is -1.40. The quantitative estimate of drug-likeness (QED) is 0.742. The highest BCUT2D eigenvalue weighted by Gasteiger charge is 2.13. The van der Waals surface area contributed by atoms with E-state index >= 15 is 0 Å². The van der Waals surface area contributed by atoms with E-state index in [1.807, 2.05) is 12.1 Å². The van der Waals surface area contributed by atoms with Crippen molar-refractivity contribution in [3.8, 4) is 0 Å². The fourth-order valence-electron chi connectivity index (χ4n) is 1.94. The Labute approximate surface area is 128 Å². The maximum Gasteiger partial charge on any atom is 0.236 e. The van der Waals surface area contributed by atoms with E-state index in [-0.39, 0.29) is 5.82 Å². The van der Waals surface area contributed by atoms with Crippen LogP contribution in [0.2, 0.25) is 0 Å².